The molecule has 0 aliphatic heterocycles. The van der Waals surface area contributed by atoms with Gasteiger partial charge in [-0.3, -0.25) is 4.79 Å². The molecule has 0 unspecified atom stereocenters. The topological polar surface area (TPSA) is 56.0 Å². The number of amides is 1. The van der Waals surface area contributed by atoms with Crippen LogP contribution in [0.1, 0.15) is 10.4 Å². The monoisotopic (exact) mass is 370 g/mol. The molecule has 3 nitrogen and oxygen atoms in total. The molecule has 0 aliphatic rings. The smallest absolute Gasteiger partial charge is 0.252 e. The van der Waals surface area contributed by atoms with Gasteiger partial charge in [0, 0.05) is 5.56 Å². The van der Waals surface area contributed by atoms with E-state index in [1.165, 1.54) is 12.1 Å². The van der Waals surface area contributed by atoms with Gasteiger partial charge in [0.25, 0.3) is 5.91 Å². The summed E-state index contributed by atoms with van der Waals surface area (Å²) in [4.78, 5) is 16.2. The molecule has 1 amide bonds. The molecule has 0 radical (unpaired) electrons. The largest absolute Gasteiger partial charge is 0.365 e. The Morgan fingerprint density at radius 3 is 2.26 bits per heavy atom. The second-order valence-corrected chi connectivity index (χ2v) is 5.71. The summed E-state index contributed by atoms with van der Waals surface area (Å²) in [6.07, 6.45) is 0. The van der Waals surface area contributed by atoms with E-state index in [9.17, 15) is 9.18 Å². The SMILES string of the molecule is NC(=O)c1c(-c2ccccc2)cc(-c2ccc(F)cc2)nc1Br. The zero-order valence-corrected chi connectivity index (χ0v) is 13.5. The van der Waals surface area contributed by atoms with Crippen LogP contribution >= 0.6 is 15.9 Å². The fraction of sp³-hybridized carbons (Fsp3) is 0. The lowest BCUT2D eigenvalue weighted by molar-refractivity contribution is 0.1000. The fourth-order valence-corrected chi connectivity index (χ4v) is 2.96. The van der Waals surface area contributed by atoms with E-state index in [0.29, 0.717) is 21.4 Å². The first kappa shape index (κ1) is 15.4. The van der Waals surface area contributed by atoms with Gasteiger partial charge in [0.2, 0.25) is 0 Å². The molecule has 0 atom stereocenters. The normalized spacial score (nSPS) is 10.5. The summed E-state index contributed by atoms with van der Waals surface area (Å²) in [7, 11) is 0. The van der Waals surface area contributed by atoms with Gasteiger partial charge >= 0.3 is 0 Å². The molecule has 0 aliphatic carbocycles. The van der Waals surface area contributed by atoms with Crippen molar-refractivity contribution >= 4 is 21.8 Å². The Bertz CT molecular complexity index is 864. The molecular weight excluding hydrogens is 359 g/mol. The van der Waals surface area contributed by atoms with Gasteiger partial charge in [-0.25, -0.2) is 9.37 Å². The van der Waals surface area contributed by atoms with Crippen molar-refractivity contribution in [2.24, 2.45) is 5.73 Å². The van der Waals surface area contributed by atoms with E-state index >= 15 is 0 Å². The quantitative estimate of drug-likeness (QED) is 0.693. The summed E-state index contributed by atoms with van der Waals surface area (Å²) in [6.45, 7) is 0. The summed E-state index contributed by atoms with van der Waals surface area (Å²) >= 11 is 3.32. The van der Waals surface area contributed by atoms with Crippen LogP contribution in [0, 0.1) is 5.82 Å². The molecule has 5 heteroatoms. The minimum absolute atomic E-state index is 0.315. The number of halogens is 2. The summed E-state index contributed by atoms with van der Waals surface area (Å²) in [6, 6.07) is 17.2. The van der Waals surface area contributed by atoms with Crippen LogP contribution < -0.4 is 5.73 Å². The van der Waals surface area contributed by atoms with Crippen molar-refractivity contribution in [2.75, 3.05) is 0 Å². The average molecular weight is 371 g/mol. The number of hydrogen-bond acceptors (Lipinski definition) is 2. The fourth-order valence-electron chi connectivity index (χ4n) is 2.36. The highest BCUT2D eigenvalue weighted by Crippen LogP contribution is 2.32. The third kappa shape index (κ3) is 3.14. The van der Waals surface area contributed by atoms with Crippen molar-refractivity contribution < 1.29 is 9.18 Å². The Hall–Kier alpha value is -2.53. The maximum Gasteiger partial charge on any atom is 0.252 e. The first-order valence-corrected chi connectivity index (χ1v) is 7.67. The molecule has 1 aromatic heterocycles. The molecule has 2 aromatic carbocycles. The Morgan fingerprint density at radius 1 is 1.00 bits per heavy atom. The van der Waals surface area contributed by atoms with E-state index in [-0.39, 0.29) is 5.82 Å². The molecule has 0 spiro atoms. The number of aromatic nitrogens is 1. The number of carbonyl (C=O) groups excluding carboxylic acids is 1. The maximum absolute atomic E-state index is 13.1. The van der Waals surface area contributed by atoms with E-state index < -0.39 is 5.91 Å². The second-order valence-electron chi connectivity index (χ2n) is 4.96. The molecule has 3 aromatic rings. The lowest BCUT2D eigenvalue weighted by Gasteiger charge is -2.12. The predicted molar refractivity (Wildman–Crippen MR) is 91.3 cm³/mol. The lowest BCUT2D eigenvalue weighted by atomic mass is 9.98. The standard InChI is InChI=1S/C18H12BrFN2O/c19-17-16(18(21)23)14(11-4-2-1-3-5-11)10-15(22-17)12-6-8-13(20)9-7-12/h1-10H,(H2,21,23). The molecule has 23 heavy (non-hydrogen) atoms. The Balaban J connectivity index is 2.23. The van der Waals surface area contributed by atoms with Gasteiger partial charge in [0.1, 0.15) is 10.4 Å². The minimum atomic E-state index is -0.561. The third-order valence-electron chi connectivity index (χ3n) is 3.45. The predicted octanol–water partition coefficient (Wildman–Crippen LogP) is 4.42. The van der Waals surface area contributed by atoms with Crippen molar-refractivity contribution in [3.05, 3.63) is 76.6 Å². The first-order valence-electron chi connectivity index (χ1n) is 6.88. The Kier molecular flexibility index (Phi) is 4.21. The van der Waals surface area contributed by atoms with Crippen LogP contribution in [-0.2, 0) is 0 Å². The third-order valence-corrected chi connectivity index (χ3v) is 4.02. The summed E-state index contributed by atoms with van der Waals surface area (Å²) in [5.41, 5.74) is 8.73. The van der Waals surface area contributed by atoms with E-state index in [1.54, 1.807) is 18.2 Å². The highest BCUT2D eigenvalue weighted by Gasteiger charge is 2.17. The number of hydrogen-bond donors (Lipinski definition) is 1. The summed E-state index contributed by atoms with van der Waals surface area (Å²) in [5.74, 6) is -0.876. The van der Waals surface area contributed by atoms with Gasteiger partial charge in [-0.05, 0) is 57.4 Å². The van der Waals surface area contributed by atoms with Crippen LogP contribution in [0.25, 0.3) is 22.4 Å². The van der Waals surface area contributed by atoms with Gasteiger partial charge in [-0.15, -0.1) is 0 Å². The second kappa shape index (κ2) is 6.30. The van der Waals surface area contributed by atoms with E-state index in [0.717, 1.165) is 11.1 Å². The number of nitrogens with two attached hydrogens (primary N) is 1. The maximum atomic E-state index is 13.1. The van der Waals surface area contributed by atoms with Gasteiger partial charge in [-0.2, -0.15) is 0 Å². The van der Waals surface area contributed by atoms with Crippen molar-refractivity contribution in [2.45, 2.75) is 0 Å². The highest BCUT2D eigenvalue weighted by atomic mass is 79.9. The molecule has 3 rings (SSSR count). The van der Waals surface area contributed by atoms with Crippen LogP contribution in [0.3, 0.4) is 0 Å². The molecule has 0 bridgehead atoms. The average Bonchev–Trinajstić information content (AvgIpc) is 2.55. The summed E-state index contributed by atoms with van der Waals surface area (Å²) < 4.78 is 13.5. The van der Waals surface area contributed by atoms with Crippen LogP contribution in [0.15, 0.2) is 65.3 Å². The number of pyridine rings is 1. The lowest BCUT2D eigenvalue weighted by Crippen LogP contribution is -2.14. The summed E-state index contributed by atoms with van der Waals surface area (Å²) in [5, 5.41) is 0. The molecule has 0 saturated carbocycles. The van der Waals surface area contributed by atoms with Crippen LogP contribution in [0.5, 0.6) is 0 Å². The number of primary amides is 1. The van der Waals surface area contributed by atoms with E-state index in [2.05, 4.69) is 20.9 Å². The van der Waals surface area contributed by atoms with Gasteiger partial charge < -0.3 is 5.73 Å². The Labute approximate surface area is 141 Å². The first-order chi connectivity index (χ1) is 11.1. The van der Waals surface area contributed by atoms with Crippen LogP contribution in [0.4, 0.5) is 4.39 Å². The van der Waals surface area contributed by atoms with Gasteiger partial charge in [0.05, 0.1) is 11.3 Å². The zero-order valence-electron chi connectivity index (χ0n) is 12.0. The van der Waals surface area contributed by atoms with Gasteiger partial charge in [-0.1, -0.05) is 30.3 Å². The molecule has 114 valence electrons. The highest BCUT2D eigenvalue weighted by molar-refractivity contribution is 9.10. The van der Waals surface area contributed by atoms with E-state index in [4.69, 9.17) is 5.73 Å². The molecule has 2 N–H and O–H groups in total. The zero-order chi connectivity index (χ0) is 16.4. The van der Waals surface area contributed by atoms with Crippen molar-refractivity contribution in [1.29, 1.82) is 0 Å². The van der Waals surface area contributed by atoms with Gasteiger partial charge in [0.15, 0.2) is 0 Å². The Morgan fingerprint density at radius 2 is 1.65 bits per heavy atom. The number of carbonyl (C=O) groups is 1. The number of nitrogens with zero attached hydrogens (tertiary/aromatic N) is 1. The number of rotatable bonds is 3. The molecular formula is C18H12BrFN2O. The minimum Gasteiger partial charge on any atom is -0.365 e. The van der Waals surface area contributed by atoms with Crippen molar-refractivity contribution in [3.8, 4) is 22.4 Å². The van der Waals surface area contributed by atoms with Crippen molar-refractivity contribution in [3.63, 3.8) is 0 Å². The van der Waals surface area contributed by atoms with Crippen LogP contribution in [0.2, 0.25) is 0 Å². The van der Waals surface area contributed by atoms with E-state index in [1.807, 2.05) is 30.3 Å². The molecule has 0 saturated heterocycles. The molecule has 0 fully saturated rings. The molecule has 1 heterocycles. The number of benzene rings is 2. The van der Waals surface area contributed by atoms with Crippen molar-refractivity contribution in [1.82, 2.24) is 4.98 Å². The van der Waals surface area contributed by atoms with Crippen LogP contribution in [-0.4, -0.2) is 10.9 Å².